The van der Waals surface area contributed by atoms with E-state index in [-0.39, 0.29) is 5.92 Å². The molecule has 0 spiro atoms. The fourth-order valence-corrected chi connectivity index (χ4v) is 7.09. The topological polar surface area (TPSA) is 0 Å². The van der Waals surface area contributed by atoms with Crippen LogP contribution in [0.15, 0.2) is 48.5 Å². The first-order valence-corrected chi connectivity index (χ1v) is 15.0. The molecular weight excluding hydrogens is 427 g/mol. The van der Waals surface area contributed by atoms with Gasteiger partial charge in [0.05, 0.1) is 0 Å². The second-order valence-electron chi connectivity index (χ2n) is 11.7. The van der Waals surface area contributed by atoms with Gasteiger partial charge in [0.2, 0.25) is 0 Å². The largest absolute Gasteiger partial charge is 0.247 e. The highest BCUT2D eigenvalue weighted by atomic mass is 19.1. The molecule has 2 aliphatic carbocycles. The second-order valence-corrected chi connectivity index (χ2v) is 11.7. The van der Waals surface area contributed by atoms with Gasteiger partial charge in [-0.3, -0.25) is 0 Å². The van der Waals surface area contributed by atoms with E-state index in [1.54, 1.807) is 0 Å². The molecule has 0 amide bonds. The fourth-order valence-electron chi connectivity index (χ4n) is 7.09. The minimum atomic E-state index is -0.704. The molecule has 2 aromatic carbocycles. The molecule has 192 valence electrons. The van der Waals surface area contributed by atoms with Crippen molar-refractivity contribution in [2.75, 3.05) is 0 Å². The Labute approximate surface area is 215 Å². The van der Waals surface area contributed by atoms with E-state index >= 15 is 4.39 Å². The van der Waals surface area contributed by atoms with E-state index in [9.17, 15) is 0 Å². The average molecular weight is 477 g/mol. The smallest absolute Gasteiger partial charge is 0.107 e. The number of aryl methyl sites for hydroxylation is 1. The zero-order chi connectivity index (χ0) is 24.5. The lowest BCUT2D eigenvalue weighted by atomic mass is 9.66. The van der Waals surface area contributed by atoms with Crippen LogP contribution in [0.25, 0.3) is 11.1 Å². The molecule has 0 heterocycles. The third-order valence-electron chi connectivity index (χ3n) is 9.26. The van der Waals surface area contributed by atoms with Gasteiger partial charge in [-0.25, -0.2) is 4.39 Å². The molecule has 0 radical (unpaired) electrons. The Morgan fingerprint density at radius 1 is 0.743 bits per heavy atom. The molecule has 0 nitrogen and oxygen atoms in total. The van der Waals surface area contributed by atoms with Crippen LogP contribution in [0.3, 0.4) is 0 Å². The number of alkyl halides is 1. The number of hydrogen-bond acceptors (Lipinski definition) is 0. The predicted octanol–water partition coefficient (Wildman–Crippen LogP) is 10.7. The van der Waals surface area contributed by atoms with Crippen LogP contribution in [0.4, 0.5) is 4.39 Å². The van der Waals surface area contributed by atoms with Gasteiger partial charge in [-0.2, -0.15) is 0 Å². The molecule has 0 N–H and O–H groups in total. The van der Waals surface area contributed by atoms with E-state index in [0.717, 1.165) is 31.1 Å². The number of hydrogen-bond donors (Lipinski definition) is 0. The van der Waals surface area contributed by atoms with E-state index in [4.69, 9.17) is 0 Å². The molecule has 3 atom stereocenters. The van der Waals surface area contributed by atoms with Crippen molar-refractivity contribution in [3.63, 3.8) is 0 Å². The van der Waals surface area contributed by atoms with Gasteiger partial charge in [0.1, 0.15) is 6.17 Å². The lowest BCUT2D eigenvalue weighted by Crippen LogP contribution is -2.31. The van der Waals surface area contributed by atoms with Gasteiger partial charge in [0.25, 0.3) is 0 Å². The molecule has 4 rings (SSSR count). The van der Waals surface area contributed by atoms with Crippen molar-refractivity contribution >= 4 is 0 Å². The lowest BCUT2D eigenvalue weighted by Gasteiger charge is -2.40. The van der Waals surface area contributed by atoms with Crippen molar-refractivity contribution in [2.45, 2.75) is 122 Å². The Bertz CT molecular complexity index is 863. The highest BCUT2D eigenvalue weighted by Gasteiger charge is 2.37. The molecule has 0 aliphatic heterocycles. The van der Waals surface area contributed by atoms with E-state index in [1.807, 2.05) is 0 Å². The van der Waals surface area contributed by atoms with Gasteiger partial charge in [0, 0.05) is 5.92 Å². The zero-order valence-electron chi connectivity index (χ0n) is 22.5. The maximum Gasteiger partial charge on any atom is 0.107 e. The van der Waals surface area contributed by atoms with Crippen molar-refractivity contribution < 1.29 is 4.39 Å². The van der Waals surface area contributed by atoms with Crippen LogP contribution in [0, 0.1) is 17.8 Å². The third-order valence-corrected chi connectivity index (χ3v) is 9.26. The van der Waals surface area contributed by atoms with Crippen LogP contribution < -0.4 is 0 Å². The molecule has 0 saturated heterocycles. The first-order chi connectivity index (χ1) is 17.2. The molecule has 2 fully saturated rings. The Morgan fingerprint density at radius 2 is 1.46 bits per heavy atom. The van der Waals surface area contributed by atoms with E-state index in [1.165, 1.54) is 99.3 Å². The average Bonchev–Trinajstić information content (AvgIpc) is 2.90. The SMILES string of the molecule is CCCCCc1ccc(-c2ccccc2)c(C2CCC(C3CCC(CCCCC)CC3)CC2F)c1. The van der Waals surface area contributed by atoms with Gasteiger partial charge in [-0.15, -0.1) is 0 Å². The van der Waals surface area contributed by atoms with Crippen LogP contribution >= 0.6 is 0 Å². The monoisotopic (exact) mass is 476 g/mol. The predicted molar refractivity (Wildman–Crippen MR) is 150 cm³/mol. The highest BCUT2D eigenvalue weighted by molar-refractivity contribution is 5.68. The van der Waals surface area contributed by atoms with Crippen molar-refractivity contribution in [2.24, 2.45) is 17.8 Å². The summed E-state index contributed by atoms with van der Waals surface area (Å²) in [5, 5.41) is 0. The summed E-state index contributed by atoms with van der Waals surface area (Å²) < 4.78 is 16.0. The molecular formula is C34H49F. The van der Waals surface area contributed by atoms with Crippen LogP contribution in [0.5, 0.6) is 0 Å². The summed E-state index contributed by atoms with van der Waals surface area (Å²) in [6.07, 6.45) is 18.2. The van der Waals surface area contributed by atoms with Gasteiger partial charge >= 0.3 is 0 Å². The maximum atomic E-state index is 16.0. The van der Waals surface area contributed by atoms with E-state index in [2.05, 4.69) is 62.4 Å². The van der Waals surface area contributed by atoms with Gasteiger partial charge in [0.15, 0.2) is 0 Å². The number of unbranched alkanes of at least 4 members (excludes halogenated alkanes) is 4. The van der Waals surface area contributed by atoms with Crippen LogP contribution in [-0.2, 0) is 6.42 Å². The Morgan fingerprint density at radius 3 is 2.17 bits per heavy atom. The molecule has 3 unspecified atom stereocenters. The summed E-state index contributed by atoms with van der Waals surface area (Å²) in [7, 11) is 0. The molecule has 0 bridgehead atoms. The normalized spacial score (nSPS) is 27.1. The van der Waals surface area contributed by atoms with E-state index < -0.39 is 6.17 Å². The Kier molecular flexibility index (Phi) is 10.3. The lowest BCUT2D eigenvalue weighted by molar-refractivity contribution is 0.101. The van der Waals surface area contributed by atoms with Gasteiger partial charge in [-0.1, -0.05) is 114 Å². The minimum Gasteiger partial charge on any atom is -0.247 e. The van der Waals surface area contributed by atoms with Crippen LogP contribution in [0.1, 0.15) is 121 Å². The van der Waals surface area contributed by atoms with Crippen molar-refractivity contribution in [3.8, 4) is 11.1 Å². The summed E-state index contributed by atoms with van der Waals surface area (Å²) in [6.45, 7) is 4.56. The first-order valence-electron chi connectivity index (χ1n) is 15.0. The molecule has 1 heteroatoms. The van der Waals surface area contributed by atoms with Gasteiger partial charge < -0.3 is 0 Å². The minimum absolute atomic E-state index is 0.0537. The summed E-state index contributed by atoms with van der Waals surface area (Å²) in [6, 6.07) is 17.6. The number of benzene rings is 2. The highest BCUT2D eigenvalue weighted by Crippen LogP contribution is 2.47. The number of rotatable bonds is 11. The molecule has 2 saturated carbocycles. The van der Waals surface area contributed by atoms with Crippen LogP contribution in [-0.4, -0.2) is 6.17 Å². The maximum absolute atomic E-state index is 16.0. The summed E-state index contributed by atoms with van der Waals surface area (Å²) in [5.41, 5.74) is 5.15. The van der Waals surface area contributed by atoms with E-state index in [0.29, 0.717) is 5.92 Å². The number of halogens is 1. The molecule has 0 aromatic heterocycles. The second kappa shape index (κ2) is 13.6. The quantitative estimate of drug-likeness (QED) is 0.283. The first kappa shape index (κ1) is 26.4. The zero-order valence-corrected chi connectivity index (χ0v) is 22.5. The molecule has 35 heavy (non-hydrogen) atoms. The Balaban J connectivity index is 1.42. The summed E-state index contributed by atoms with van der Waals surface area (Å²) in [4.78, 5) is 0. The third kappa shape index (κ3) is 7.21. The molecule has 2 aromatic rings. The van der Waals surface area contributed by atoms with Crippen molar-refractivity contribution in [3.05, 3.63) is 59.7 Å². The standard InChI is InChI=1S/C34H49F/c1-3-5-8-12-26-16-19-28(20-17-26)30-21-23-32(34(35)25-30)33-24-27(13-9-6-4-2)18-22-31(33)29-14-10-7-11-15-29/h7,10-11,14-15,18,22,24,26,28,30,32,34H,3-6,8-9,12-13,16-17,19-21,23,25H2,1-2H3. The summed E-state index contributed by atoms with van der Waals surface area (Å²) >= 11 is 0. The summed E-state index contributed by atoms with van der Waals surface area (Å²) in [5.74, 6) is 2.37. The van der Waals surface area contributed by atoms with Crippen molar-refractivity contribution in [1.82, 2.24) is 0 Å². The van der Waals surface area contributed by atoms with Crippen molar-refractivity contribution in [1.29, 1.82) is 0 Å². The van der Waals surface area contributed by atoms with Gasteiger partial charge in [-0.05, 0) is 85.0 Å². The van der Waals surface area contributed by atoms with Crippen LogP contribution in [0.2, 0.25) is 0 Å². The molecule has 2 aliphatic rings. The Hall–Kier alpha value is -1.63. The fraction of sp³-hybridized carbons (Fsp3) is 0.647.